The van der Waals surface area contributed by atoms with E-state index in [2.05, 4.69) is 0 Å². The minimum absolute atomic E-state index is 0.191. The van der Waals surface area contributed by atoms with Gasteiger partial charge in [-0.1, -0.05) is 0 Å². The molecule has 0 spiro atoms. The van der Waals surface area contributed by atoms with Gasteiger partial charge in [0.2, 0.25) is 0 Å². The first kappa shape index (κ1) is 33.6. The van der Waals surface area contributed by atoms with Crippen LogP contribution in [0.15, 0.2) is 0 Å². The Labute approximate surface area is 252 Å². The number of amides is 2. The van der Waals surface area contributed by atoms with Gasteiger partial charge in [-0.05, 0) is 63.5 Å². The van der Waals surface area contributed by atoms with Gasteiger partial charge in [-0.25, -0.2) is 9.59 Å². The van der Waals surface area contributed by atoms with Gasteiger partial charge in [0.1, 0.15) is 10.0 Å². The molecule has 2 N–H and O–H groups in total. The molecule has 18 heteroatoms. The van der Waals surface area contributed by atoms with Crippen LogP contribution in [0.3, 0.4) is 0 Å². The molecule has 2 aromatic heterocycles. The predicted molar refractivity (Wildman–Crippen MR) is 142 cm³/mol. The second-order valence-electron chi connectivity index (χ2n) is 9.77. The smallest absolute Gasteiger partial charge is 0.393 e. The van der Waals surface area contributed by atoms with Gasteiger partial charge in [0, 0.05) is 9.75 Å². The lowest BCUT2D eigenvalue weighted by Crippen LogP contribution is -2.67. The van der Waals surface area contributed by atoms with Crippen LogP contribution in [0.1, 0.15) is 68.3 Å². The van der Waals surface area contributed by atoms with Gasteiger partial charge in [0.05, 0.1) is 24.3 Å². The number of thiophene rings is 2. The summed E-state index contributed by atoms with van der Waals surface area (Å²) in [5.41, 5.74) is -0.301. The Bertz CT molecular complexity index is 1390. The van der Waals surface area contributed by atoms with Gasteiger partial charge in [0.25, 0.3) is 0 Å². The zero-order valence-corrected chi connectivity index (χ0v) is 24.6. The molecule has 0 fully saturated rings. The van der Waals surface area contributed by atoms with E-state index in [0.717, 1.165) is 0 Å². The van der Waals surface area contributed by atoms with Crippen molar-refractivity contribution in [1.29, 1.82) is 0 Å². The number of carbonyl (C=O) groups excluding carboxylic acids is 4. The maximum Gasteiger partial charge on any atom is 0.393 e. The number of fused-ring (bicyclic) bond motifs is 2. The fraction of sp³-hybridized carbons (Fsp3) is 0.538. The lowest BCUT2D eigenvalue weighted by atomic mass is 9.97. The van der Waals surface area contributed by atoms with Crippen molar-refractivity contribution in [2.45, 2.75) is 76.1 Å². The summed E-state index contributed by atoms with van der Waals surface area (Å²) in [6.45, 7) is 2.42. The highest BCUT2D eigenvalue weighted by Crippen LogP contribution is 2.54. The molecule has 0 aromatic carbocycles. The first-order valence-corrected chi connectivity index (χ1v) is 14.8. The number of halogens is 8. The van der Waals surface area contributed by atoms with Crippen molar-refractivity contribution in [3.8, 4) is 0 Å². The first-order chi connectivity index (χ1) is 20.4. The Kier molecular flexibility index (Phi) is 9.10. The van der Waals surface area contributed by atoms with Crippen LogP contribution in [-0.2, 0) is 44.7 Å². The van der Waals surface area contributed by atoms with Crippen LogP contribution < -0.4 is 10.6 Å². The van der Waals surface area contributed by atoms with Gasteiger partial charge in [-0.3, -0.25) is 9.59 Å². The number of carbonyl (C=O) groups is 4. The highest BCUT2D eigenvalue weighted by molar-refractivity contribution is 7.17. The number of nitrogens with one attached hydrogen (secondary N) is 2. The molecular weight excluding hydrogens is 652 g/mol. The summed E-state index contributed by atoms with van der Waals surface area (Å²) < 4.78 is 128. The van der Waals surface area contributed by atoms with Crippen LogP contribution in [0.5, 0.6) is 0 Å². The third kappa shape index (κ3) is 5.32. The molecule has 2 aliphatic rings. The summed E-state index contributed by atoms with van der Waals surface area (Å²) in [5.74, 6) is -35.8. The van der Waals surface area contributed by atoms with Crippen molar-refractivity contribution in [2.75, 3.05) is 23.8 Å². The second kappa shape index (κ2) is 11.9. The normalized spacial score (nSPS) is 15.0. The number of ether oxygens (including phenoxy) is 2. The number of alkyl halides is 8. The third-order valence-corrected chi connectivity index (χ3v) is 9.42. The van der Waals surface area contributed by atoms with Gasteiger partial charge in [-0.2, -0.15) is 35.1 Å². The molecule has 0 saturated carbocycles. The SMILES string of the molecule is CCOC(=O)c1c(NC(=O)C(F)(F)C(F)(F)C(F)(F)C(F)(F)C(=O)Nc2sc3c(c2C(=O)OCC)CCC3)sc2c1CCC2. The molecule has 0 aliphatic heterocycles. The molecule has 4 rings (SSSR count). The van der Waals surface area contributed by atoms with Crippen LogP contribution in [0.4, 0.5) is 45.1 Å². The molecule has 2 heterocycles. The van der Waals surface area contributed by atoms with E-state index in [1.54, 1.807) is 0 Å². The van der Waals surface area contributed by atoms with Crippen molar-refractivity contribution >= 4 is 56.4 Å². The van der Waals surface area contributed by atoms with Gasteiger partial charge in [-0.15, -0.1) is 22.7 Å². The van der Waals surface area contributed by atoms with Crippen molar-refractivity contribution in [3.63, 3.8) is 0 Å². The summed E-state index contributed by atoms with van der Waals surface area (Å²) in [6.07, 6.45) is 2.22. The van der Waals surface area contributed by atoms with Crippen molar-refractivity contribution in [2.24, 2.45) is 0 Å². The largest absolute Gasteiger partial charge is 0.462 e. The standard InChI is InChI=1S/C26H24F8N2O6S2/c1-3-41-19(37)15-11-7-5-9-13(11)43-17(15)35-21(39)23(27,28)25(31,32)26(33,34)24(29,30)22(40)36-18-16(20(38)42-4-2)12-8-6-10-14(12)44-18/h3-10H2,1-2H3,(H,35,39)(H,36,40). The second-order valence-corrected chi connectivity index (χ2v) is 12.0. The van der Waals surface area contributed by atoms with E-state index in [1.807, 2.05) is 0 Å². The van der Waals surface area contributed by atoms with E-state index in [4.69, 9.17) is 9.47 Å². The fourth-order valence-electron chi connectivity index (χ4n) is 4.87. The molecule has 2 aliphatic carbocycles. The van der Waals surface area contributed by atoms with E-state index in [9.17, 15) is 54.3 Å². The Morgan fingerprint density at radius 3 is 1.30 bits per heavy atom. The average molecular weight is 677 g/mol. The summed E-state index contributed by atoms with van der Waals surface area (Å²) in [4.78, 5) is 50.3. The predicted octanol–water partition coefficient (Wildman–Crippen LogP) is 6.26. The van der Waals surface area contributed by atoms with Crippen LogP contribution in [0, 0.1) is 0 Å². The zero-order chi connectivity index (χ0) is 32.8. The lowest BCUT2D eigenvalue weighted by Gasteiger charge is -2.35. The Balaban J connectivity index is 1.61. The number of aryl methyl sites for hydroxylation is 2. The van der Waals surface area contributed by atoms with Crippen molar-refractivity contribution < 1.29 is 63.8 Å². The number of anilines is 2. The molecular formula is C26H24F8N2O6S2. The van der Waals surface area contributed by atoms with E-state index < -0.39 is 68.6 Å². The Morgan fingerprint density at radius 2 is 0.977 bits per heavy atom. The molecule has 44 heavy (non-hydrogen) atoms. The third-order valence-electron chi connectivity index (χ3n) is 7.01. The number of hydrogen-bond acceptors (Lipinski definition) is 8. The van der Waals surface area contributed by atoms with Crippen molar-refractivity contribution in [3.05, 3.63) is 32.0 Å². The molecule has 0 saturated heterocycles. The number of rotatable bonds is 11. The van der Waals surface area contributed by atoms with Crippen LogP contribution in [0.2, 0.25) is 0 Å². The highest BCUT2D eigenvalue weighted by Gasteiger charge is 2.84. The monoisotopic (exact) mass is 676 g/mol. The Morgan fingerprint density at radius 1 is 0.636 bits per heavy atom. The fourth-order valence-corrected chi connectivity index (χ4v) is 7.41. The van der Waals surface area contributed by atoms with E-state index in [0.29, 0.717) is 58.1 Å². The minimum atomic E-state index is -7.14. The van der Waals surface area contributed by atoms with Crippen LogP contribution >= 0.6 is 22.7 Å². The van der Waals surface area contributed by atoms with Gasteiger partial charge >= 0.3 is 47.4 Å². The maximum atomic E-state index is 14.8. The highest BCUT2D eigenvalue weighted by atomic mass is 32.1. The lowest BCUT2D eigenvalue weighted by molar-refractivity contribution is -0.345. The molecule has 2 amide bonds. The van der Waals surface area contributed by atoms with Crippen LogP contribution in [-0.4, -0.2) is 60.7 Å². The average Bonchev–Trinajstić information content (AvgIpc) is 3.70. The molecule has 2 aromatic rings. The number of esters is 2. The maximum absolute atomic E-state index is 14.8. The molecule has 8 nitrogen and oxygen atoms in total. The van der Waals surface area contributed by atoms with Crippen LogP contribution in [0.25, 0.3) is 0 Å². The van der Waals surface area contributed by atoms with Gasteiger partial charge in [0.15, 0.2) is 0 Å². The molecule has 0 radical (unpaired) electrons. The summed E-state index contributed by atoms with van der Waals surface area (Å²) in [5, 5.41) is 1.17. The minimum Gasteiger partial charge on any atom is -0.462 e. The van der Waals surface area contributed by atoms with Gasteiger partial charge < -0.3 is 20.1 Å². The zero-order valence-electron chi connectivity index (χ0n) is 22.9. The van der Waals surface area contributed by atoms with E-state index in [1.165, 1.54) is 24.5 Å². The molecule has 242 valence electrons. The van der Waals surface area contributed by atoms with Crippen molar-refractivity contribution in [1.82, 2.24) is 0 Å². The summed E-state index contributed by atoms with van der Waals surface area (Å²) >= 11 is 1.09. The van der Waals surface area contributed by atoms with E-state index in [-0.39, 0.29) is 37.2 Å². The molecule has 0 unspecified atom stereocenters. The molecule has 0 bridgehead atoms. The first-order valence-electron chi connectivity index (χ1n) is 13.2. The number of hydrogen-bond donors (Lipinski definition) is 2. The summed E-state index contributed by atoms with van der Waals surface area (Å²) in [6, 6.07) is 0. The van der Waals surface area contributed by atoms with E-state index >= 15 is 0 Å². The topological polar surface area (TPSA) is 111 Å². The molecule has 0 atom stereocenters. The quantitative estimate of drug-likeness (QED) is 0.215. The summed E-state index contributed by atoms with van der Waals surface area (Å²) in [7, 11) is 0. The Hall–Kier alpha value is -3.28.